The molecular weight excluding hydrogens is 331 g/mol. The van der Waals surface area contributed by atoms with E-state index in [0.717, 1.165) is 0 Å². The van der Waals surface area contributed by atoms with Crippen LogP contribution in [-0.2, 0) is 20.5 Å². The molecule has 0 aliphatic carbocycles. The lowest BCUT2D eigenvalue weighted by molar-refractivity contribution is -0.185. The summed E-state index contributed by atoms with van der Waals surface area (Å²) in [5.41, 5.74) is -0.887. The summed E-state index contributed by atoms with van der Waals surface area (Å²) in [7, 11) is -1.96. The molecule has 0 spiro atoms. The van der Waals surface area contributed by atoms with Crippen molar-refractivity contribution in [1.82, 2.24) is 4.72 Å². The van der Waals surface area contributed by atoms with E-state index in [0.29, 0.717) is 6.42 Å². The molecule has 0 aliphatic heterocycles. The number of halogens is 3. The highest BCUT2D eigenvalue weighted by atomic mass is 32.2. The van der Waals surface area contributed by atoms with Crippen LogP contribution in [0.3, 0.4) is 0 Å². The van der Waals surface area contributed by atoms with Crippen molar-refractivity contribution in [2.45, 2.75) is 83.9 Å². The summed E-state index contributed by atoms with van der Waals surface area (Å²) in [6.07, 6.45) is -4.34. The van der Waals surface area contributed by atoms with Crippen molar-refractivity contribution in [2.24, 2.45) is 5.92 Å². The molecule has 138 valence electrons. The third-order valence-electron chi connectivity index (χ3n) is 2.85. The Kier molecular flexibility index (Phi) is 7.74. The Bertz CT molecular complexity index is 425. The van der Waals surface area contributed by atoms with Crippen molar-refractivity contribution in [3.8, 4) is 0 Å². The highest BCUT2D eigenvalue weighted by molar-refractivity contribution is 7.84. The summed E-state index contributed by atoms with van der Waals surface area (Å²) in [6, 6.07) is -2.21. The third kappa shape index (κ3) is 8.15. The maximum absolute atomic E-state index is 13.4. The molecule has 0 aromatic carbocycles. The molecule has 0 saturated heterocycles. The topological polar surface area (TPSA) is 55.4 Å². The second-order valence-electron chi connectivity index (χ2n) is 7.45. The van der Waals surface area contributed by atoms with E-state index in [1.165, 1.54) is 0 Å². The molecule has 23 heavy (non-hydrogen) atoms. The van der Waals surface area contributed by atoms with Crippen molar-refractivity contribution in [3.05, 3.63) is 0 Å². The van der Waals surface area contributed by atoms with Crippen molar-refractivity contribution < 1.29 is 26.9 Å². The minimum atomic E-state index is -4.71. The normalized spacial score (nSPS) is 17.5. The monoisotopic (exact) mass is 359 g/mol. The van der Waals surface area contributed by atoms with Gasteiger partial charge >= 0.3 is 12.1 Å². The van der Waals surface area contributed by atoms with Gasteiger partial charge in [0, 0.05) is 0 Å². The quantitative estimate of drug-likeness (QED) is 0.735. The van der Waals surface area contributed by atoms with Gasteiger partial charge in [-0.2, -0.15) is 13.2 Å². The lowest BCUT2D eigenvalue weighted by atomic mass is 9.94. The fourth-order valence-corrected chi connectivity index (χ4v) is 2.66. The Morgan fingerprint density at radius 3 is 1.91 bits per heavy atom. The standard InChI is InChI=1S/C15H28F3NO3S/c1-8-9-10(12(20)22-13(2,3)4)11(15(16,17)18)19-23(21)14(5,6)7/h10-11,19H,8-9H2,1-7H3/t10-,11-,23-/m1/s1. The second-order valence-corrected chi connectivity index (χ2v) is 9.44. The van der Waals surface area contributed by atoms with E-state index >= 15 is 0 Å². The fourth-order valence-electron chi connectivity index (χ4n) is 1.78. The van der Waals surface area contributed by atoms with Gasteiger partial charge in [0.15, 0.2) is 0 Å². The Labute approximate surface area is 139 Å². The minimum absolute atomic E-state index is 0.00652. The van der Waals surface area contributed by atoms with Gasteiger partial charge in [-0.05, 0) is 48.0 Å². The number of hydrogen-bond acceptors (Lipinski definition) is 3. The number of carbonyl (C=O) groups is 1. The van der Waals surface area contributed by atoms with Crippen molar-refractivity contribution in [1.29, 1.82) is 0 Å². The number of hydrogen-bond donors (Lipinski definition) is 1. The molecule has 8 heteroatoms. The lowest BCUT2D eigenvalue weighted by Gasteiger charge is -2.32. The summed E-state index contributed by atoms with van der Waals surface area (Å²) >= 11 is 0. The van der Waals surface area contributed by atoms with Gasteiger partial charge in [-0.25, -0.2) is 8.93 Å². The Morgan fingerprint density at radius 1 is 1.13 bits per heavy atom. The Hall–Kier alpha value is -0.630. The molecule has 4 nitrogen and oxygen atoms in total. The van der Waals surface area contributed by atoms with Crippen LogP contribution in [0, 0.1) is 5.92 Å². The first-order valence-corrected chi connectivity index (χ1v) is 8.72. The van der Waals surface area contributed by atoms with Crippen molar-refractivity contribution >= 4 is 17.0 Å². The second kappa shape index (κ2) is 7.96. The predicted molar refractivity (Wildman–Crippen MR) is 85.1 cm³/mol. The van der Waals surface area contributed by atoms with Gasteiger partial charge in [-0.1, -0.05) is 13.3 Å². The first kappa shape index (κ1) is 22.4. The molecule has 3 atom stereocenters. The third-order valence-corrected chi connectivity index (χ3v) is 4.43. The van der Waals surface area contributed by atoms with E-state index in [1.807, 2.05) is 0 Å². The SMILES string of the molecule is CCC[C@@H](C(=O)OC(C)(C)C)[C@@H](N[S@](=O)C(C)(C)C)C(F)(F)F. The van der Waals surface area contributed by atoms with Crippen LogP contribution in [0.2, 0.25) is 0 Å². The minimum Gasteiger partial charge on any atom is -0.460 e. The van der Waals surface area contributed by atoms with Gasteiger partial charge in [0.2, 0.25) is 0 Å². The first-order chi connectivity index (χ1) is 10.1. The summed E-state index contributed by atoms with van der Waals surface area (Å²) in [6.45, 7) is 11.2. The molecule has 0 radical (unpaired) electrons. The summed E-state index contributed by atoms with van der Waals surface area (Å²) in [5, 5.41) is 0. The smallest absolute Gasteiger partial charge is 0.405 e. The number of nitrogens with one attached hydrogen (secondary N) is 1. The molecular formula is C15H28F3NO3S. The number of carbonyl (C=O) groups excluding carboxylic acids is 1. The average Bonchev–Trinajstić information content (AvgIpc) is 2.28. The summed E-state index contributed by atoms with van der Waals surface area (Å²) < 4.78 is 58.7. The molecule has 0 unspecified atom stereocenters. The van der Waals surface area contributed by atoms with E-state index in [4.69, 9.17) is 4.74 Å². The van der Waals surface area contributed by atoms with Crippen LogP contribution < -0.4 is 4.72 Å². The Balaban J connectivity index is 5.52. The van der Waals surface area contributed by atoms with Gasteiger partial charge in [0.05, 0.1) is 21.7 Å². The fraction of sp³-hybridized carbons (Fsp3) is 0.933. The molecule has 0 saturated carbocycles. The molecule has 0 aromatic heterocycles. The zero-order valence-corrected chi connectivity index (χ0v) is 15.7. The zero-order chi connectivity index (χ0) is 18.6. The summed E-state index contributed by atoms with van der Waals surface area (Å²) in [5.74, 6) is -2.37. The van der Waals surface area contributed by atoms with E-state index in [9.17, 15) is 22.2 Å². The highest BCUT2D eigenvalue weighted by Crippen LogP contribution is 2.31. The van der Waals surface area contributed by atoms with Gasteiger partial charge in [0.1, 0.15) is 11.6 Å². The van der Waals surface area contributed by atoms with E-state index in [1.54, 1.807) is 48.5 Å². The number of rotatable bonds is 6. The van der Waals surface area contributed by atoms with Gasteiger partial charge in [-0.3, -0.25) is 4.79 Å². The maximum atomic E-state index is 13.4. The van der Waals surface area contributed by atoms with E-state index < -0.39 is 45.4 Å². The predicted octanol–water partition coefficient (Wildman–Crippen LogP) is 3.73. The highest BCUT2D eigenvalue weighted by Gasteiger charge is 2.49. The molecule has 1 N–H and O–H groups in total. The van der Waals surface area contributed by atoms with Gasteiger partial charge < -0.3 is 4.74 Å². The molecule has 0 amide bonds. The van der Waals surface area contributed by atoms with Crippen LogP contribution in [0.15, 0.2) is 0 Å². The van der Waals surface area contributed by atoms with Crippen molar-refractivity contribution in [2.75, 3.05) is 0 Å². The zero-order valence-electron chi connectivity index (χ0n) is 14.8. The van der Waals surface area contributed by atoms with Crippen LogP contribution in [0.25, 0.3) is 0 Å². The molecule has 0 heterocycles. The van der Waals surface area contributed by atoms with E-state index in [-0.39, 0.29) is 6.42 Å². The van der Waals surface area contributed by atoms with E-state index in [2.05, 4.69) is 4.72 Å². The van der Waals surface area contributed by atoms with Gasteiger partial charge in [-0.15, -0.1) is 0 Å². The summed E-state index contributed by atoms with van der Waals surface area (Å²) in [4.78, 5) is 12.2. The number of esters is 1. The maximum Gasteiger partial charge on any atom is 0.405 e. The van der Waals surface area contributed by atoms with Crippen LogP contribution in [0.5, 0.6) is 0 Å². The Morgan fingerprint density at radius 2 is 1.61 bits per heavy atom. The van der Waals surface area contributed by atoms with Crippen LogP contribution in [-0.4, -0.2) is 32.7 Å². The number of ether oxygens (including phenoxy) is 1. The van der Waals surface area contributed by atoms with Crippen LogP contribution in [0.4, 0.5) is 13.2 Å². The average molecular weight is 359 g/mol. The van der Waals surface area contributed by atoms with Crippen molar-refractivity contribution in [3.63, 3.8) is 0 Å². The van der Waals surface area contributed by atoms with Gasteiger partial charge in [0.25, 0.3) is 0 Å². The first-order valence-electron chi connectivity index (χ1n) is 7.57. The van der Waals surface area contributed by atoms with Crippen LogP contribution in [0.1, 0.15) is 61.3 Å². The largest absolute Gasteiger partial charge is 0.460 e. The number of alkyl halides is 3. The molecule has 0 bridgehead atoms. The lowest BCUT2D eigenvalue weighted by Crippen LogP contribution is -2.54. The van der Waals surface area contributed by atoms with Crippen LogP contribution >= 0.6 is 0 Å². The molecule has 0 rings (SSSR count). The molecule has 0 fully saturated rings. The molecule has 0 aliphatic rings. The molecule has 0 aromatic rings.